The number of nitrogens with two attached hydrogens (primary N) is 1. The molecule has 0 bridgehead atoms. The number of nitrogens with one attached hydrogen (secondary N) is 2. The van der Waals surface area contributed by atoms with Gasteiger partial charge >= 0.3 is 0 Å². The lowest BCUT2D eigenvalue weighted by atomic mass is 10.2. The Kier molecular flexibility index (Phi) is 5.73. The molecule has 16 heavy (non-hydrogen) atoms. The maximum absolute atomic E-state index is 11.7. The van der Waals surface area contributed by atoms with Gasteiger partial charge in [0.25, 0.3) is 0 Å². The number of rotatable bonds is 5. The van der Waals surface area contributed by atoms with Gasteiger partial charge < -0.3 is 16.4 Å². The highest BCUT2D eigenvalue weighted by Crippen LogP contribution is 2.01. The number of carbonyl (C=O) groups is 1. The second-order valence-corrected chi connectivity index (χ2v) is 4.44. The van der Waals surface area contributed by atoms with E-state index in [2.05, 4.69) is 22.5 Å². The molecule has 5 heteroatoms. The van der Waals surface area contributed by atoms with Crippen LogP contribution in [0, 0.1) is 0 Å². The minimum Gasteiger partial charge on any atom is -0.353 e. The highest BCUT2D eigenvalue weighted by Gasteiger charge is 2.22. The molecule has 0 saturated carbocycles. The fraction of sp³-hybridized carbons (Fsp3) is 0.909. The lowest BCUT2D eigenvalue weighted by molar-refractivity contribution is -0.123. The summed E-state index contributed by atoms with van der Waals surface area (Å²) < 4.78 is 0. The molecule has 0 aromatic heterocycles. The summed E-state index contributed by atoms with van der Waals surface area (Å²) >= 11 is 0. The maximum Gasteiger partial charge on any atom is 0.234 e. The molecule has 2 atom stereocenters. The van der Waals surface area contributed by atoms with Crippen LogP contribution in [0.25, 0.3) is 0 Å². The summed E-state index contributed by atoms with van der Waals surface area (Å²) in [5.41, 5.74) is 5.68. The first-order chi connectivity index (χ1) is 7.67. The summed E-state index contributed by atoms with van der Waals surface area (Å²) in [6.45, 7) is 7.88. The van der Waals surface area contributed by atoms with Crippen molar-refractivity contribution in [2.45, 2.75) is 32.4 Å². The Bertz CT molecular complexity index is 222. The fourth-order valence-electron chi connectivity index (χ4n) is 1.85. The normalized spacial score (nSPS) is 24.1. The van der Waals surface area contributed by atoms with Crippen LogP contribution < -0.4 is 16.4 Å². The Labute approximate surface area is 97.7 Å². The van der Waals surface area contributed by atoms with Gasteiger partial charge in [-0.05, 0) is 13.3 Å². The van der Waals surface area contributed by atoms with Crippen LogP contribution in [0.4, 0.5) is 0 Å². The third-order valence-electron chi connectivity index (χ3n) is 3.11. The lowest BCUT2D eigenvalue weighted by Crippen LogP contribution is -2.57. The van der Waals surface area contributed by atoms with Gasteiger partial charge in [0.1, 0.15) is 0 Å². The van der Waals surface area contributed by atoms with Crippen molar-refractivity contribution in [3.8, 4) is 0 Å². The van der Waals surface area contributed by atoms with Crippen LogP contribution in [0.5, 0.6) is 0 Å². The first-order valence-corrected chi connectivity index (χ1v) is 6.11. The van der Waals surface area contributed by atoms with E-state index in [1.165, 1.54) is 0 Å². The average Bonchev–Trinajstić information content (AvgIpc) is 2.29. The molecule has 0 aromatic rings. The molecule has 2 unspecified atom stereocenters. The van der Waals surface area contributed by atoms with Gasteiger partial charge in [-0.1, -0.05) is 6.92 Å². The monoisotopic (exact) mass is 228 g/mol. The smallest absolute Gasteiger partial charge is 0.234 e. The predicted molar refractivity (Wildman–Crippen MR) is 65.2 cm³/mol. The molecule has 0 spiro atoms. The average molecular weight is 228 g/mol. The Balaban J connectivity index is 2.36. The molecular weight excluding hydrogens is 204 g/mol. The number of nitrogens with zero attached hydrogens (tertiary/aromatic N) is 1. The zero-order chi connectivity index (χ0) is 12.0. The Morgan fingerprint density at radius 2 is 2.44 bits per heavy atom. The maximum atomic E-state index is 11.7. The summed E-state index contributed by atoms with van der Waals surface area (Å²) in [4.78, 5) is 13.9. The molecular formula is C11H24N4O. The standard InChI is InChI=1S/C11H24N4O/c1-3-9(2)14-11(16)8-15-5-4-13-7-10(15)6-12/h9-10,13H,3-8,12H2,1-2H3,(H,14,16). The van der Waals surface area contributed by atoms with Crippen LogP contribution in [0.2, 0.25) is 0 Å². The predicted octanol–water partition coefficient (Wildman–Crippen LogP) is -0.866. The molecule has 4 N–H and O–H groups in total. The molecule has 1 fully saturated rings. The molecule has 0 aliphatic carbocycles. The van der Waals surface area contributed by atoms with Gasteiger partial charge in [0.2, 0.25) is 5.91 Å². The molecule has 5 nitrogen and oxygen atoms in total. The topological polar surface area (TPSA) is 70.4 Å². The van der Waals surface area contributed by atoms with E-state index in [1.54, 1.807) is 0 Å². The second kappa shape index (κ2) is 6.83. The summed E-state index contributed by atoms with van der Waals surface area (Å²) in [6, 6.07) is 0.545. The van der Waals surface area contributed by atoms with Gasteiger partial charge in [-0.2, -0.15) is 0 Å². The molecule has 1 aliphatic heterocycles. The van der Waals surface area contributed by atoms with Gasteiger partial charge in [0, 0.05) is 38.3 Å². The Hall–Kier alpha value is -0.650. The minimum atomic E-state index is 0.106. The summed E-state index contributed by atoms with van der Waals surface area (Å²) in [5, 5.41) is 6.27. The number of hydrogen-bond donors (Lipinski definition) is 3. The van der Waals surface area contributed by atoms with E-state index >= 15 is 0 Å². The largest absolute Gasteiger partial charge is 0.353 e. The van der Waals surface area contributed by atoms with Crippen LogP contribution in [0.3, 0.4) is 0 Å². The molecule has 1 heterocycles. The van der Waals surface area contributed by atoms with E-state index in [4.69, 9.17) is 5.73 Å². The zero-order valence-corrected chi connectivity index (χ0v) is 10.3. The highest BCUT2D eigenvalue weighted by molar-refractivity contribution is 5.78. The van der Waals surface area contributed by atoms with Crippen molar-refractivity contribution in [2.24, 2.45) is 5.73 Å². The van der Waals surface area contributed by atoms with Gasteiger partial charge in [-0.25, -0.2) is 0 Å². The highest BCUT2D eigenvalue weighted by atomic mass is 16.2. The second-order valence-electron chi connectivity index (χ2n) is 4.44. The molecule has 94 valence electrons. The van der Waals surface area contributed by atoms with E-state index < -0.39 is 0 Å². The van der Waals surface area contributed by atoms with Crippen molar-refractivity contribution in [3.63, 3.8) is 0 Å². The fourth-order valence-corrected chi connectivity index (χ4v) is 1.85. The molecule has 1 saturated heterocycles. The molecule has 1 aliphatic rings. The third-order valence-corrected chi connectivity index (χ3v) is 3.11. The molecule has 0 radical (unpaired) electrons. The summed E-state index contributed by atoms with van der Waals surface area (Å²) in [6.07, 6.45) is 0.966. The van der Waals surface area contributed by atoms with Crippen LogP contribution in [-0.4, -0.2) is 55.6 Å². The summed E-state index contributed by atoms with van der Waals surface area (Å²) in [5.74, 6) is 0.106. The van der Waals surface area contributed by atoms with Crippen molar-refractivity contribution in [1.82, 2.24) is 15.5 Å². The van der Waals surface area contributed by atoms with Crippen LogP contribution >= 0.6 is 0 Å². The Morgan fingerprint density at radius 1 is 1.69 bits per heavy atom. The van der Waals surface area contributed by atoms with Crippen molar-refractivity contribution in [2.75, 3.05) is 32.7 Å². The van der Waals surface area contributed by atoms with Crippen molar-refractivity contribution >= 4 is 5.91 Å². The number of carbonyl (C=O) groups excluding carboxylic acids is 1. The number of hydrogen-bond acceptors (Lipinski definition) is 4. The van der Waals surface area contributed by atoms with Crippen LogP contribution in [0.1, 0.15) is 20.3 Å². The van der Waals surface area contributed by atoms with Gasteiger partial charge in [0.15, 0.2) is 0 Å². The molecule has 1 rings (SSSR count). The van der Waals surface area contributed by atoms with E-state index in [9.17, 15) is 4.79 Å². The quantitative estimate of drug-likeness (QED) is 0.572. The van der Waals surface area contributed by atoms with Crippen LogP contribution in [0.15, 0.2) is 0 Å². The van der Waals surface area contributed by atoms with Crippen molar-refractivity contribution < 1.29 is 4.79 Å². The zero-order valence-electron chi connectivity index (χ0n) is 10.3. The van der Waals surface area contributed by atoms with Crippen molar-refractivity contribution in [1.29, 1.82) is 0 Å². The number of piperazine rings is 1. The first-order valence-electron chi connectivity index (χ1n) is 6.11. The molecule has 1 amide bonds. The minimum absolute atomic E-state index is 0.106. The summed E-state index contributed by atoms with van der Waals surface area (Å²) in [7, 11) is 0. The van der Waals surface area contributed by atoms with E-state index in [0.717, 1.165) is 26.1 Å². The van der Waals surface area contributed by atoms with E-state index in [1.807, 2.05) is 6.92 Å². The lowest BCUT2D eigenvalue weighted by Gasteiger charge is -2.35. The van der Waals surface area contributed by atoms with Gasteiger partial charge in [-0.3, -0.25) is 9.69 Å². The Morgan fingerprint density at radius 3 is 3.06 bits per heavy atom. The van der Waals surface area contributed by atoms with Crippen LogP contribution in [-0.2, 0) is 4.79 Å². The van der Waals surface area contributed by atoms with E-state index in [0.29, 0.717) is 13.1 Å². The SMILES string of the molecule is CCC(C)NC(=O)CN1CCNCC1CN. The first kappa shape index (κ1) is 13.4. The van der Waals surface area contributed by atoms with Crippen molar-refractivity contribution in [3.05, 3.63) is 0 Å². The van der Waals surface area contributed by atoms with Gasteiger partial charge in [0.05, 0.1) is 6.54 Å². The van der Waals surface area contributed by atoms with Gasteiger partial charge in [-0.15, -0.1) is 0 Å². The third kappa shape index (κ3) is 4.08. The van der Waals surface area contributed by atoms with E-state index in [-0.39, 0.29) is 18.0 Å². The molecule has 0 aromatic carbocycles. The number of amides is 1.